The SMILES string of the molecule is COc1ccc(/C=C/c2nc3ccccc3c(=O)n2-c2ccc(C#Cc3ccc(C(C)(C)C)cc3)cc2C)c(OC)c1. The van der Waals surface area contributed by atoms with Crippen LogP contribution in [-0.2, 0) is 5.41 Å². The summed E-state index contributed by atoms with van der Waals surface area (Å²) >= 11 is 0. The smallest absolute Gasteiger partial charge is 0.266 e. The van der Waals surface area contributed by atoms with E-state index in [4.69, 9.17) is 14.5 Å². The summed E-state index contributed by atoms with van der Waals surface area (Å²) in [5.74, 6) is 8.41. The van der Waals surface area contributed by atoms with Crippen molar-refractivity contribution in [2.75, 3.05) is 14.2 Å². The Labute approximate surface area is 247 Å². The van der Waals surface area contributed by atoms with Crippen molar-refractivity contribution in [1.29, 1.82) is 0 Å². The quantitative estimate of drug-likeness (QED) is 0.210. The number of para-hydroxylation sites is 1. The maximum Gasteiger partial charge on any atom is 0.266 e. The molecule has 0 aliphatic carbocycles. The molecule has 1 aromatic heterocycles. The van der Waals surface area contributed by atoms with Gasteiger partial charge in [-0.3, -0.25) is 9.36 Å². The van der Waals surface area contributed by atoms with Gasteiger partial charge in [0.1, 0.15) is 17.3 Å². The highest BCUT2D eigenvalue weighted by Crippen LogP contribution is 2.27. The molecule has 5 aromatic rings. The van der Waals surface area contributed by atoms with Crippen molar-refractivity contribution in [3.63, 3.8) is 0 Å². The molecule has 5 rings (SSSR count). The van der Waals surface area contributed by atoms with Gasteiger partial charge in [0.15, 0.2) is 0 Å². The van der Waals surface area contributed by atoms with E-state index in [1.54, 1.807) is 24.9 Å². The molecule has 5 heteroatoms. The second-order valence-electron chi connectivity index (χ2n) is 11.1. The molecule has 5 nitrogen and oxygen atoms in total. The van der Waals surface area contributed by atoms with Gasteiger partial charge < -0.3 is 9.47 Å². The number of fused-ring (bicyclic) bond motifs is 1. The van der Waals surface area contributed by atoms with E-state index in [9.17, 15) is 4.79 Å². The lowest BCUT2D eigenvalue weighted by atomic mass is 9.87. The minimum absolute atomic E-state index is 0.101. The Hall–Kier alpha value is -5.08. The van der Waals surface area contributed by atoms with Gasteiger partial charge in [-0.15, -0.1) is 0 Å². The summed E-state index contributed by atoms with van der Waals surface area (Å²) in [5.41, 5.74) is 6.21. The van der Waals surface area contributed by atoms with E-state index in [2.05, 4.69) is 56.9 Å². The van der Waals surface area contributed by atoms with E-state index >= 15 is 0 Å². The second-order valence-corrected chi connectivity index (χ2v) is 11.1. The molecule has 0 unspecified atom stereocenters. The number of hydrogen-bond donors (Lipinski definition) is 0. The van der Waals surface area contributed by atoms with Crippen molar-refractivity contribution in [2.24, 2.45) is 0 Å². The number of ether oxygens (including phenoxy) is 2. The van der Waals surface area contributed by atoms with Gasteiger partial charge in [-0.25, -0.2) is 4.98 Å². The predicted octanol–water partition coefficient (Wildman–Crippen LogP) is 7.58. The zero-order valence-electron chi connectivity index (χ0n) is 24.9. The standard InChI is InChI=1S/C37H34N2O3/c1-25-23-27(12-11-26-13-18-29(19-14-26)37(2,3)4)15-21-33(25)39-35(38-32-10-8-7-9-31(32)36(39)40)22-17-28-16-20-30(41-5)24-34(28)42-6/h7-10,13-24H,1-6H3/b22-17+. The minimum atomic E-state index is -0.136. The van der Waals surface area contributed by atoms with Crippen molar-refractivity contribution < 1.29 is 9.47 Å². The van der Waals surface area contributed by atoms with Crippen molar-refractivity contribution in [3.8, 4) is 29.0 Å². The molecule has 0 atom stereocenters. The average molecular weight is 555 g/mol. The Morgan fingerprint density at radius 2 is 1.52 bits per heavy atom. The lowest BCUT2D eigenvalue weighted by Gasteiger charge is -2.18. The molecule has 42 heavy (non-hydrogen) atoms. The first-order valence-electron chi connectivity index (χ1n) is 13.8. The van der Waals surface area contributed by atoms with Crippen LogP contribution in [0.1, 0.15) is 54.4 Å². The summed E-state index contributed by atoms with van der Waals surface area (Å²) in [4.78, 5) is 18.7. The first-order valence-corrected chi connectivity index (χ1v) is 13.8. The fourth-order valence-electron chi connectivity index (χ4n) is 4.80. The summed E-state index contributed by atoms with van der Waals surface area (Å²) in [6, 6.07) is 27.3. The third-order valence-electron chi connectivity index (χ3n) is 7.19. The Kier molecular flexibility index (Phi) is 7.99. The molecule has 1 heterocycles. The lowest BCUT2D eigenvalue weighted by molar-refractivity contribution is 0.394. The first-order chi connectivity index (χ1) is 20.2. The largest absolute Gasteiger partial charge is 0.497 e. The highest BCUT2D eigenvalue weighted by atomic mass is 16.5. The van der Waals surface area contributed by atoms with Gasteiger partial charge in [0.2, 0.25) is 0 Å². The molecule has 0 N–H and O–H groups in total. The molecule has 0 radical (unpaired) electrons. The van der Waals surface area contributed by atoms with Crippen LogP contribution in [0.5, 0.6) is 11.5 Å². The molecule has 210 valence electrons. The van der Waals surface area contributed by atoms with E-state index in [0.717, 1.165) is 27.9 Å². The fourth-order valence-corrected chi connectivity index (χ4v) is 4.80. The van der Waals surface area contributed by atoms with Crippen molar-refractivity contribution in [3.05, 3.63) is 129 Å². The van der Waals surface area contributed by atoms with Crippen LogP contribution in [0.15, 0.2) is 89.7 Å². The van der Waals surface area contributed by atoms with Crippen LogP contribution < -0.4 is 15.0 Å². The number of hydrogen-bond acceptors (Lipinski definition) is 4. The molecule has 4 aromatic carbocycles. The summed E-state index contributed by atoms with van der Waals surface area (Å²) in [7, 11) is 3.23. The van der Waals surface area contributed by atoms with E-state index < -0.39 is 0 Å². The van der Waals surface area contributed by atoms with Gasteiger partial charge >= 0.3 is 0 Å². The highest BCUT2D eigenvalue weighted by molar-refractivity contribution is 5.80. The molecule has 0 aliphatic rings. The minimum Gasteiger partial charge on any atom is -0.497 e. The fraction of sp³-hybridized carbons (Fsp3) is 0.189. The highest BCUT2D eigenvalue weighted by Gasteiger charge is 2.14. The van der Waals surface area contributed by atoms with Crippen molar-refractivity contribution >= 4 is 23.1 Å². The lowest BCUT2D eigenvalue weighted by Crippen LogP contribution is -2.23. The van der Waals surface area contributed by atoms with Crippen LogP contribution in [0.3, 0.4) is 0 Å². The normalized spacial score (nSPS) is 11.4. The molecule has 0 aliphatic heterocycles. The molecule has 0 amide bonds. The average Bonchev–Trinajstić information content (AvgIpc) is 2.99. The molecule has 0 fully saturated rings. The van der Waals surface area contributed by atoms with Crippen LogP contribution in [0.2, 0.25) is 0 Å². The van der Waals surface area contributed by atoms with Gasteiger partial charge in [-0.1, -0.05) is 56.9 Å². The van der Waals surface area contributed by atoms with Crippen LogP contribution in [-0.4, -0.2) is 23.8 Å². The number of aryl methyl sites for hydroxylation is 1. The third-order valence-corrected chi connectivity index (χ3v) is 7.19. The number of nitrogens with zero attached hydrogens (tertiary/aromatic N) is 2. The number of rotatable bonds is 5. The van der Waals surface area contributed by atoms with Gasteiger partial charge in [0.05, 0.1) is 30.8 Å². The predicted molar refractivity (Wildman–Crippen MR) is 172 cm³/mol. The summed E-state index contributed by atoms with van der Waals surface area (Å²) in [6.45, 7) is 8.59. The van der Waals surface area contributed by atoms with Gasteiger partial charge in [-0.2, -0.15) is 0 Å². The van der Waals surface area contributed by atoms with Crippen molar-refractivity contribution in [2.45, 2.75) is 33.1 Å². The molecule has 0 spiro atoms. The number of methoxy groups -OCH3 is 2. The Morgan fingerprint density at radius 3 is 2.21 bits per heavy atom. The first kappa shape index (κ1) is 28.4. The monoisotopic (exact) mass is 554 g/mol. The molecular weight excluding hydrogens is 520 g/mol. The number of aromatic nitrogens is 2. The van der Waals surface area contributed by atoms with Crippen LogP contribution in [0.25, 0.3) is 28.7 Å². The molecule has 0 saturated carbocycles. The molecular formula is C37H34N2O3. The summed E-state index contributed by atoms with van der Waals surface area (Å²) < 4.78 is 12.5. The van der Waals surface area contributed by atoms with E-state index in [1.807, 2.05) is 73.7 Å². The molecule has 0 saturated heterocycles. The van der Waals surface area contributed by atoms with E-state index in [-0.39, 0.29) is 11.0 Å². The Morgan fingerprint density at radius 1 is 0.810 bits per heavy atom. The maximum atomic E-state index is 13.8. The Balaban J connectivity index is 1.55. The van der Waals surface area contributed by atoms with Gasteiger partial charge in [-0.05, 0) is 90.2 Å². The van der Waals surface area contributed by atoms with Gasteiger partial charge in [0, 0.05) is 22.8 Å². The zero-order valence-corrected chi connectivity index (χ0v) is 24.9. The van der Waals surface area contributed by atoms with Crippen LogP contribution >= 0.6 is 0 Å². The Bertz CT molecular complexity index is 1910. The van der Waals surface area contributed by atoms with Crippen molar-refractivity contribution in [1.82, 2.24) is 9.55 Å². The third kappa shape index (κ3) is 5.99. The summed E-state index contributed by atoms with van der Waals surface area (Å²) in [6.07, 6.45) is 3.73. The second kappa shape index (κ2) is 11.8. The maximum absolute atomic E-state index is 13.8. The van der Waals surface area contributed by atoms with E-state index in [1.165, 1.54) is 5.56 Å². The summed E-state index contributed by atoms with van der Waals surface area (Å²) in [5, 5.41) is 0.554. The zero-order chi connectivity index (χ0) is 29.9. The number of benzene rings is 4. The topological polar surface area (TPSA) is 53.3 Å². The van der Waals surface area contributed by atoms with E-state index in [0.29, 0.717) is 28.2 Å². The van der Waals surface area contributed by atoms with Gasteiger partial charge in [0.25, 0.3) is 5.56 Å². The van der Waals surface area contributed by atoms with Crippen LogP contribution in [0, 0.1) is 18.8 Å². The molecule has 0 bridgehead atoms. The van der Waals surface area contributed by atoms with Crippen LogP contribution in [0.4, 0.5) is 0 Å².